The molecule has 0 N–H and O–H groups in total. The molecule has 0 bridgehead atoms. The largest absolute Gasteiger partial charge is 0.496 e. The zero-order chi connectivity index (χ0) is 12.0. The Morgan fingerprint density at radius 2 is 2.19 bits per heavy atom. The monoisotopic (exact) mass is 218 g/mol. The fraction of sp³-hybridized carbons (Fsp3) is 0.462. The van der Waals surface area contributed by atoms with Gasteiger partial charge in [0.2, 0.25) is 0 Å². The van der Waals surface area contributed by atoms with Crippen molar-refractivity contribution in [2.45, 2.75) is 19.8 Å². The summed E-state index contributed by atoms with van der Waals surface area (Å²) in [5.74, 6) is 0.911. The van der Waals surface area contributed by atoms with E-state index in [1.807, 2.05) is 26.1 Å². The van der Waals surface area contributed by atoms with E-state index in [0.717, 1.165) is 30.0 Å². The Hall–Kier alpha value is -1.69. The van der Waals surface area contributed by atoms with Crippen LogP contribution in [0.25, 0.3) is 0 Å². The molecule has 0 radical (unpaired) electrons. The van der Waals surface area contributed by atoms with Crippen LogP contribution in [0.2, 0.25) is 0 Å². The lowest BCUT2D eigenvalue weighted by atomic mass is 10.2. The number of ether oxygens (including phenoxy) is 1. The number of benzene rings is 1. The van der Waals surface area contributed by atoms with Crippen LogP contribution in [0.15, 0.2) is 18.2 Å². The summed E-state index contributed by atoms with van der Waals surface area (Å²) in [4.78, 5) is 2.16. The predicted molar refractivity (Wildman–Crippen MR) is 65.8 cm³/mol. The first-order chi connectivity index (χ1) is 7.69. The summed E-state index contributed by atoms with van der Waals surface area (Å²) >= 11 is 0. The van der Waals surface area contributed by atoms with Gasteiger partial charge in [0.05, 0.1) is 13.2 Å². The highest BCUT2D eigenvalue weighted by Crippen LogP contribution is 2.23. The fourth-order valence-corrected chi connectivity index (χ4v) is 1.62. The zero-order valence-electron chi connectivity index (χ0n) is 10.2. The Morgan fingerprint density at radius 3 is 2.75 bits per heavy atom. The van der Waals surface area contributed by atoms with Gasteiger partial charge in [-0.05, 0) is 37.1 Å². The highest BCUT2D eigenvalue weighted by molar-refractivity contribution is 5.52. The maximum Gasteiger partial charge on any atom is 0.121 e. The molecule has 0 amide bonds. The van der Waals surface area contributed by atoms with E-state index < -0.39 is 0 Å². The summed E-state index contributed by atoms with van der Waals surface area (Å²) in [7, 11) is 3.72. The summed E-state index contributed by atoms with van der Waals surface area (Å²) in [5, 5.41) is 8.48. The molecule has 0 saturated carbocycles. The maximum atomic E-state index is 8.48. The number of nitrogens with zero attached hydrogens (tertiary/aromatic N) is 2. The zero-order valence-corrected chi connectivity index (χ0v) is 10.2. The number of anilines is 1. The van der Waals surface area contributed by atoms with Gasteiger partial charge in [-0.3, -0.25) is 0 Å². The average Bonchev–Trinajstić information content (AvgIpc) is 2.29. The van der Waals surface area contributed by atoms with Crippen LogP contribution in [0.3, 0.4) is 0 Å². The Morgan fingerprint density at radius 1 is 1.44 bits per heavy atom. The van der Waals surface area contributed by atoms with Gasteiger partial charge in [0.15, 0.2) is 0 Å². The van der Waals surface area contributed by atoms with E-state index in [4.69, 9.17) is 10.00 Å². The summed E-state index contributed by atoms with van der Waals surface area (Å²) in [6, 6.07) is 8.28. The Bertz CT molecular complexity index is 382. The van der Waals surface area contributed by atoms with Gasteiger partial charge in [-0.1, -0.05) is 0 Å². The van der Waals surface area contributed by atoms with Crippen LogP contribution in [0.1, 0.15) is 18.4 Å². The third kappa shape index (κ3) is 3.16. The number of rotatable bonds is 5. The van der Waals surface area contributed by atoms with E-state index in [2.05, 4.69) is 17.0 Å². The van der Waals surface area contributed by atoms with E-state index in [9.17, 15) is 0 Å². The molecular weight excluding hydrogens is 200 g/mol. The van der Waals surface area contributed by atoms with Crippen LogP contribution < -0.4 is 9.64 Å². The lowest BCUT2D eigenvalue weighted by Gasteiger charge is -2.19. The molecule has 16 heavy (non-hydrogen) atoms. The lowest BCUT2D eigenvalue weighted by Crippen LogP contribution is -2.18. The van der Waals surface area contributed by atoms with Crippen LogP contribution in [-0.4, -0.2) is 20.7 Å². The van der Waals surface area contributed by atoms with Crippen molar-refractivity contribution in [3.63, 3.8) is 0 Å². The van der Waals surface area contributed by atoms with E-state index in [1.165, 1.54) is 0 Å². The topological polar surface area (TPSA) is 36.3 Å². The van der Waals surface area contributed by atoms with Gasteiger partial charge < -0.3 is 9.64 Å². The number of methoxy groups -OCH3 is 1. The minimum atomic E-state index is 0.611. The Balaban J connectivity index is 2.66. The third-order valence-electron chi connectivity index (χ3n) is 2.60. The summed E-state index contributed by atoms with van der Waals surface area (Å²) < 4.78 is 5.22. The van der Waals surface area contributed by atoms with Gasteiger partial charge >= 0.3 is 0 Å². The van der Waals surface area contributed by atoms with E-state index >= 15 is 0 Å². The molecule has 0 unspecified atom stereocenters. The lowest BCUT2D eigenvalue weighted by molar-refractivity contribution is 0.411. The highest BCUT2D eigenvalue weighted by atomic mass is 16.5. The number of nitriles is 1. The molecule has 0 spiro atoms. The first-order valence-electron chi connectivity index (χ1n) is 5.41. The van der Waals surface area contributed by atoms with Crippen molar-refractivity contribution in [2.24, 2.45) is 0 Å². The van der Waals surface area contributed by atoms with Crippen LogP contribution in [-0.2, 0) is 0 Å². The Kier molecular flexibility index (Phi) is 4.65. The summed E-state index contributed by atoms with van der Waals surface area (Å²) in [6.07, 6.45) is 1.51. The quantitative estimate of drug-likeness (QED) is 0.713. The molecule has 0 heterocycles. The smallest absolute Gasteiger partial charge is 0.121 e. The molecule has 0 fully saturated rings. The molecule has 0 saturated heterocycles. The summed E-state index contributed by atoms with van der Waals surface area (Å²) in [5.41, 5.74) is 2.29. The van der Waals surface area contributed by atoms with Crippen LogP contribution in [0, 0.1) is 18.3 Å². The molecule has 0 aliphatic carbocycles. The molecule has 0 aromatic heterocycles. The average molecular weight is 218 g/mol. The number of hydrogen-bond acceptors (Lipinski definition) is 3. The minimum absolute atomic E-state index is 0.611. The second kappa shape index (κ2) is 6.02. The van der Waals surface area contributed by atoms with Crippen molar-refractivity contribution < 1.29 is 4.74 Å². The predicted octanol–water partition coefficient (Wildman–Crippen LogP) is 2.74. The molecule has 0 aliphatic heterocycles. The third-order valence-corrected chi connectivity index (χ3v) is 2.60. The standard InChI is InChI=1S/C13H18N2O/c1-11-10-12(6-7-13(11)16-3)15(2)9-5-4-8-14/h6-7,10H,4-5,9H2,1-3H3. The van der Waals surface area contributed by atoms with Crippen molar-refractivity contribution in [3.8, 4) is 11.8 Å². The molecule has 86 valence electrons. The van der Waals surface area contributed by atoms with Gasteiger partial charge in [-0.25, -0.2) is 0 Å². The molecule has 0 atom stereocenters. The second-order valence-electron chi connectivity index (χ2n) is 3.84. The molecular formula is C13H18N2O. The molecule has 3 heteroatoms. The Labute approximate surface area is 97.3 Å². The van der Waals surface area contributed by atoms with Gasteiger partial charge in [0, 0.05) is 25.7 Å². The van der Waals surface area contributed by atoms with Gasteiger partial charge in [0.1, 0.15) is 5.75 Å². The molecule has 3 nitrogen and oxygen atoms in total. The SMILES string of the molecule is COc1ccc(N(C)CCCC#N)cc1C. The maximum absolute atomic E-state index is 8.48. The van der Waals surface area contributed by atoms with Gasteiger partial charge in [-0.15, -0.1) is 0 Å². The number of aryl methyl sites for hydroxylation is 1. The van der Waals surface area contributed by atoms with Crippen LogP contribution in [0.5, 0.6) is 5.75 Å². The van der Waals surface area contributed by atoms with Crippen molar-refractivity contribution in [3.05, 3.63) is 23.8 Å². The minimum Gasteiger partial charge on any atom is -0.496 e. The first-order valence-corrected chi connectivity index (χ1v) is 5.41. The molecule has 1 aromatic carbocycles. The molecule has 1 aromatic rings. The van der Waals surface area contributed by atoms with E-state index in [-0.39, 0.29) is 0 Å². The first kappa shape index (κ1) is 12.4. The van der Waals surface area contributed by atoms with Crippen molar-refractivity contribution >= 4 is 5.69 Å². The molecule has 0 aliphatic rings. The fourth-order valence-electron chi connectivity index (χ4n) is 1.62. The number of hydrogen-bond donors (Lipinski definition) is 0. The van der Waals surface area contributed by atoms with E-state index in [0.29, 0.717) is 6.42 Å². The summed E-state index contributed by atoms with van der Waals surface area (Å²) in [6.45, 7) is 2.94. The normalized spacial score (nSPS) is 9.62. The van der Waals surface area contributed by atoms with Gasteiger partial charge in [-0.2, -0.15) is 5.26 Å². The van der Waals surface area contributed by atoms with Gasteiger partial charge in [0.25, 0.3) is 0 Å². The van der Waals surface area contributed by atoms with Crippen LogP contribution in [0.4, 0.5) is 5.69 Å². The van der Waals surface area contributed by atoms with Crippen molar-refractivity contribution in [1.82, 2.24) is 0 Å². The highest BCUT2D eigenvalue weighted by Gasteiger charge is 2.03. The van der Waals surface area contributed by atoms with Crippen molar-refractivity contribution in [1.29, 1.82) is 5.26 Å². The molecule has 1 rings (SSSR count). The second-order valence-corrected chi connectivity index (χ2v) is 3.84. The van der Waals surface area contributed by atoms with E-state index in [1.54, 1.807) is 7.11 Å². The number of unbranched alkanes of at least 4 members (excludes halogenated alkanes) is 1. The van der Waals surface area contributed by atoms with Crippen molar-refractivity contribution in [2.75, 3.05) is 25.6 Å². The van der Waals surface area contributed by atoms with Crippen LogP contribution >= 0.6 is 0 Å².